The average molecular weight is 617 g/mol. The second-order valence-corrected chi connectivity index (χ2v) is 12.4. The van der Waals surface area contributed by atoms with Crippen LogP contribution < -0.4 is 10.6 Å². The highest BCUT2D eigenvalue weighted by atomic mass is 16.8. The average Bonchev–Trinajstić information content (AvgIpc) is 3.62. The molecule has 242 valence electrons. The molecule has 7 N–H and O–H groups in total. The Labute approximate surface area is 246 Å². The van der Waals surface area contributed by atoms with E-state index in [1.165, 1.54) is 0 Å². The molecule has 4 heterocycles. The molecule has 4 aliphatic heterocycles. The van der Waals surface area contributed by atoms with Crippen molar-refractivity contribution in [2.45, 2.75) is 137 Å². The SMILES string of the molecule is CC1(C)O[C@H]2O[C@H]([C@H](O)CN[C@H]3C[C@@H](NC[C@@H](O)[C@H]4O[C@@H]5OC(C)(C)O[C@@H]5[C@H]4N=[N+]=[N-])[C@H](O)C(O)[C@@H]3O)[C@H](N=[N+]=[N-])[C@H]2O1. The van der Waals surface area contributed by atoms with E-state index in [0.717, 1.165) is 0 Å². The Morgan fingerprint density at radius 1 is 0.721 bits per heavy atom. The first kappa shape index (κ1) is 32.5. The third kappa shape index (κ3) is 6.57. The van der Waals surface area contributed by atoms with E-state index in [1.54, 1.807) is 27.7 Å². The van der Waals surface area contributed by atoms with Gasteiger partial charge in [0.25, 0.3) is 0 Å². The number of hydrogen-bond acceptors (Lipinski definition) is 15. The van der Waals surface area contributed by atoms with Gasteiger partial charge in [-0.15, -0.1) is 0 Å². The quantitative estimate of drug-likeness (QED) is 0.0813. The summed E-state index contributed by atoms with van der Waals surface area (Å²) in [5.41, 5.74) is 18.1. The second kappa shape index (κ2) is 12.5. The molecule has 0 radical (unpaired) electrons. The molecule has 0 aromatic rings. The predicted molar refractivity (Wildman–Crippen MR) is 141 cm³/mol. The van der Waals surface area contributed by atoms with Gasteiger partial charge in [-0.05, 0) is 45.2 Å². The van der Waals surface area contributed by atoms with Gasteiger partial charge in [0.2, 0.25) is 0 Å². The molecule has 0 spiro atoms. The summed E-state index contributed by atoms with van der Waals surface area (Å²) >= 11 is 0. The molecule has 5 rings (SSSR count). The highest BCUT2D eigenvalue weighted by molar-refractivity contribution is 5.04. The number of fused-ring (bicyclic) bond motifs is 2. The van der Waals surface area contributed by atoms with Crippen molar-refractivity contribution in [3.8, 4) is 0 Å². The zero-order valence-electron chi connectivity index (χ0n) is 24.2. The lowest BCUT2D eigenvalue weighted by molar-refractivity contribution is -0.215. The molecule has 5 fully saturated rings. The Morgan fingerprint density at radius 3 is 1.49 bits per heavy atom. The molecule has 5 aliphatic rings. The number of azide groups is 2. The van der Waals surface area contributed by atoms with Crippen molar-refractivity contribution in [2.24, 2.45) is 10.2 Å². The molecular formula is C24H40N8O11. The fourth-order valence-corrected chi connectivity index (χ4v) is 6.47. The Kier molecular flexibility index (Phi) is 9.43. The lowest BCUT2D eigenvalue weighted by atomic mass is 9.83. The maximum atomic E-state index is 10.9. The van der Waals surface area contributed by atoms with Crippen molar-refractivity contribution in [3.05, 3.63) is 20.9 Å². The number of nitrogens with one attached hydrogen (secondary N) is 2. The van der Waals surface area contributed by atoms with Crippen molar-refractivity contribution >= 4 is 0 Å². The molecule has 0 amide bonds. The van der Waals surface area contributed by atoms with Crippen LogP contribution in [0.15, 0.2) is 10.2 Å². The minimum absolute atomic E-state index is 0.0900. The van der Waals surface area contributed by atoms with E-state index in [9.17, 15) is 25.5 Å². The molecule has 15 atom stereocenters. The third-order valence-corrected chi connectivity index (χ3v) is 8.44. The van der Waals surface area contributed by atoms with Gasteiger partial charge in [-0.2, -0.15) is 0 Å². The van der Waals surface area contributed by atoms with E-state index in [2.05, 4.69) is 30.7 Å². The summed E-state index contributed by atoms with van der Waals surface area (Å²) < 4.78 is 34.5. The van der Waals surface area contributed by atoms with Gasteiger partial charge in [-0.25, -0.2) is 0 Å². The lowest BCUT2D eigenvalue weighted by Gasteiger charge is -2.42. The first-order valence-corrected chi connectivity index (χ1v) is 14.2. The van der Waals surface area contributed by atoms with Crippen LogP contribution in [0.5, 0.6) is 0 Å². The molecule has 19 heteroatoms. The molecule has 1 saturated carbocycles. The molecular weight excluding hydrogens is 576 g/mol. The van der Waals surface area contributed by atoms with E-state index < -0.39 is 103 Å². The van der Waals surface area contributed by atoms with E-state index in [4.69, 9.17) is 39.5 Å². The molecule has 19 nitrogen and oxygen atoms in total. The number of nitrogens with zero attached hydrogens (tertiary/aromatic N) is 6. The molecule has 0 aromatic carbocycles. The maximum absolute atomic E-state index is 10.9. The van der Waals surface area contributed by atoms with Crippen LogP contribution in [-0.4, -0.2) is 142 Å². The van der Waals surface area contributed by atoms with Crippen LogP contribution in [0, 0.1) is 0 Å². The number of aliphatic hydroxyl groups is 5. The molecule has 1 aliphatic carbocycles. The largest absolute Gasteiger partial charge is 0.389 e. The standard InChI is InChI=1S/C24H40N8O11/c1-23(2)40-19-12(29-31-25)17(38-21(19)42-23)10(33)6-27-8-5-9(15(36)16(37)14(8)35)28-7-11(34)18-13(30-32-26)20-22(39-18)43-24(3,4)41-20/h8-22,27-28,33-37H,5-7H2,1-4H3/t8-,9+,10-,11-,12+,13+,14+,15-,16?,17-,18-,19-,20-,21-,22-/m1/s1. The highest BCUT2D eigenvalue weighted by Crippen LogP contribution is 2.41. The maximum Gasteiger partial charge on any atom is 0.188 e. The first-order chi connectivity index (χ1) is 20.2. The summed E-state index contributed by atoms with van der Waals surface area (Å²) in [7, 11) is 0. The van der Waals surface area contributed by atoms with Crippen LogP contribution in [-0.2, 0) is 28.4 Å². The topological polar surface area (TPSA) is 278 Å². The number of rotatable bonds is 10. The summed E-state index contributed by atoms with van der Waals surface area (Å²) in [5, 5.41) is 67.1. The van der Waals surface area contributed by atoms with Crippen LogP contribution in [0.2, 0.25) is 0 Å². The fraction of sp³-hybridized carbons (Fsp3) is 1.00. The van der Waals surface area contributed by atoms with Crippen molar-refractivity contribution < 1.29 is 54.0 Å². The number of aliphatic hydroxyl groups excluding tert-OH is 5. The summed E-state index contributed by atoms with van der Waals surface area (Å²) in [6, 6.07) is -3.34. The van der Waals surface area contributed by atoms with E-state index >= 15 is 0 Å². The lowest BCUT2D eigenvalue weighted by Crippen LogP contribution is -2.64. The zero-order chi connectivity index (χ0) is 31.3. The smallest absolute Gasteiger partial charge is 0.188 e. The van der Waals surface area contributed by atoms with Crippen LogP contribution in [0.4, 0.5) is 0 Å². The van der Waals surface area contributed by atoms with Gasteiger partial charge in [0.1, 0.15) is 18.3 Å². The van der Waals surface area contributed by atoms with Gasteiger partial charge < -0.3 is 64.6 Å². The molecule has 4 saturated heterocycles. The van der Waals surface area contributed by atoms with Crippen LogP contribution in [0.25, 0.3) is 20.9 Å². The van der Waals surface area contributed by atoms with Gasteiger partial charge in [-0.1, -0.05) is 10.2 Å². The van der Waals surface area contributed by atoms with Crippen molar-refractivity contribution in [1.29, 1.82) is 0 Å². The molecule has 43 heavy (non-hydrogen) atoms. The summed E-state index contributed by atoms with van der Waals surface area (Å²) in [6.45, 7) is 6.50. The van der Waals surface area contributed by atoms with Crippen LogP contribution in [0.1, 0.15) is 34.1 Å². The molecule has 0 bridgehead atoms. The number of ether oxygens (including phenoxy) is 6. The summed E-state index contributed by atoms with van der Waals surface area (Å²) in [5.74, 6) is -1.90. The normalized spacial score (nSPS) is 45.9. The Balaban J connectivity index is 1.16. The van der Waals surface area contributed by atoms with Gasteiger partial charge in [0.05, 0.1) is 48.7 Å². The van der Waals surface area contributed by atoms with Gasteiger partial charge >= 0.3 is 0 Å². The van der Waals surface area contributed by atoms with Crippen molar-refractivity contribution in [1.82, 2.24) is 10.6 Å². The Hall–Kier alpha value is -1.90. The van der Waals surface area contributed by atoms with Crippen LogP contribution in [0.3, 0.4) is 0 Å². The predicted octanol–water partition coefficient (Wildman–Crippen LogP) is -1.78. The third-order valence-electron chi connectivity index (χ3n) is 8.44. The van der Waals surface area contributed by atoms with E-state index in [-0.39, 0.29) is 19.5 Å². The second-order valence-electron chi connectivity index (χ2n) is 12.4. The monoisotopic (exact) mass is 616 g/mol. The Bertz CT molecular complexity index is 1030. The number of hydrogen-bond donors (Lipinski definition) is 7. The first-order valence-electron chi connectivity index (χ1n) is 14.2. The van der Waals surface area contributed by atoms with Gasteiger partial charge in [0, 0.05) is 35.0 Å². The minimum atomic E-state index is -1.55. The Morgan fingerprint density at radius 2 is 1.12 bits per heavy atom. The zero-order valence-corrected chi connectivity index (χ0v) is 24.2. The van der Waals surface area contributed by atoms with Crippen molar-refractivity contribution in [3.63, 3.8) is 0 Å². The van der Waals surface area contributed by atoms with E-state index in [1.807, 2.05) is 0 Å². The highest BCUT2D eigenvalue weighted by Gasteiger charge is 2.57. The summed E-state index contributed by atoms with van der Waals surface area (Å²) in [6.07, 6.45) is -11.7. The summed E-state index contributed by atoms with van der Waals surface area (Å²) in [4.78, 5) is 5.70. The van der Waals surface area contributed by atoms with Crippen molar-refractivity contribution in [2.75, 3.05) is 13.1 Å². The molecule has 1 unspecified atom stereocenters. The molecule has 0 aromatic heterocycles. The fourth-order valence-electron chi connectivity index (χ4n) is 6.47. The van der Waals surface area contributed by atoms with Crippen LogP contribution >= 0.6 is 0 Å². The van der Waals surface area contributed by atoms with Gasteiger partial charge in [0.15, 0.2) is 24.2 Å². The minimum Gasteiger partial charge on any atom is -0.389 e. The van der Waals surface area contributed by atoms with Gasteiger partial charge in [-0.3, -0.25) is 0 Å². The van der Waals surface area contributed by atoms with E-state index in [0.29, 0.717) is 0 Å².